The number of carbonyl (C=O) groups is 2. The fraction of sp³-hybridized carbons (Fsp3) is 0.714. The van der Waals surface area contributed by atoms with Crippen molar-refractivity contribution in [3.63, 3.8) is 0 Å². The molecule has 6 N–H and O–H groups in total. The zero-order valence-electron chi connectivity index (χ0n) is 38.3. The van der Waals surface area contributed by atoms with Crippen molar-refractivity contribution in [3.8, 4) is 0 Å². The number of allylic oxidation sites excluding steroid dienone is 12. The Morgan fingerprint density at radius 1 is 0.492 bits per heavy atom. The van der Waals surface area contributed by atoms with Crippen LogP contribution in [-0.4, -0.2) is 98.3 Å². The summed E-state index contributed by atoms with van der Waals surface area (Å²) in [4.78, 5) is 35.7. The van der Waals surface area contributed by atoms with Gasteiger partial charge in [0.1, 0.15) is 43.2 Å². The van der Waals surface area contributed by atoms with Crippen LogP contribution in [0.1, 0.15) is 168 Å². The Morgan fingerprint density at radius 3 is 1.41 bits per heavy atom. The van der Waals surface area contributed by atoms with E-state index < -0.39 is 75.7 Å². The maximum absolute atomic E-state index is 12.8. The van der Waals surface area contributed by atoms with Gasteiger partial charge >= 0.3 is 19.8 Å². The minimum atomic E-state index is -5.14. The van der Waals surface area contributed by atoms with Crippen molar-refractivity contribution in [2.24, 2.45) is 0 Å². The van der Waals surface area contributed by atoms with Gasteiger partial charge in [-0.2, -0.15) is 0 Å². The van der Waals surface area contributed by atoms with E-state index in [4.69, 9.17) is 18.5 Å². The molecule has 63 heavy (non-hydrogen) atoms. The van der Waals surface area contributed by atoms with Crippen LogP contribution < -0.4 is 0 Å². The van der Waals surface area contributed by atoms with Crippen LogP contribution in [0, 0.1) is 0 Å². The Morgan fingerprint density at radius 2 is 0.889 bits per heavy atom. The Hall–Kier alpha value is -2.71. The second-order valence-corrected chi connectivity index (χ2v) is 17.7. The zero-order valence-corrected chi connectivity index (χ0v) is 39.2. The van der Waals surface area contributed by atoms with Crippen molar-refractivity contribution in [1.29, 1.82) is 0 Å². The molecule has 0 aromatic rings. The first-order chi connectivity index (χ1) is 30.4. The van der Waals surface area contributed by atoms with Crippen LogP contribution in [0.4, 0.5) is 0 Å². The Balaban J connectivity index is 2.52. The summed E-state index contributed by atoms with van der Waals surface area (Å²) in [5.74, 6) is -1.22. The predicted octanol–water partition coefficient (Wildman–Crippen LogP) is 9.50. The van der Waals surface area contributed by atoms with Crippen molar-refractivity contribution < 1.29 is 63.1 Å². The lowest BCUT2D eigenvalue weighted by Gasteiger charge is -2.41. The van der Waals surface area contributed by atoms with Gasteiger partial charge in [-0.3, -0.25) is 18.6 Å². The minimum Gasteiger partial charge on any atom is -0.462 e. The summed E-state index contributed by atoms with van der Waals surface area (Å²) in [6.07, 6.45) is 35.4. The van der Waals surface area contributed by atoms with Gasteiger partial charge in [0.2, 0.25) is 0 Å². The van der Waals surface area contributed by atoms with Gasteiger partial charge in [0, 0.05) is 12.8 Å². The summed E-state index contributed by atoms with van der Waals surface area (Å²) >= 11 is 0. The van der Waals surface area contributed by atoms with Crippen LogP contribution >= 0.6 is 7.82 Å². The van der Waals surface area contributed by atoms with Gasteiger partial charge in [0.15, 0.2) is 6.10 Å². The molecular formula is C49H83O13P. The molecule has 1 rings (SSSR count). The molecule has 0 saturated heterocycles. The largest absolute Gasteiger partial charge is 0.472 e. The molecule has 0 bridgehead atoms. The number of phosphoric acid groups is 1. The maximum Gasteiger partial charge on any atom is 0.472 e. The second-order valence-electron chi connectivity index (χ2n) is 16.3. The number of unbranched alkanes of at least 4 members (excludes halogenated alkanes) is 14. The molecule has 1 saturated carbocycles. The van der Waals surface area contributed by atoms with Gasteiger partial charge in [-0.15, -0.1) is 0 Å². The fourth-order valence-electron chi connectivity index (χ4n) is 6.68. The van der Waals surface area contributed by atoms with E-state index in [0.29, 0.717) is 19.3 Å². The van der Waals surface area contributed by atoms with E-state index in [1.165, 1.54) is 70.6 Å². The predicted molar refractivity (Wildman–Crippen MR) is 249 cm³/mol. The summed E-state index contributed by atoms with van der Waals surface area (Å²) in [6, 6.07) is 0. The maximum atomic E-state index is 12.8. The van der Waals surface area contributed by atoms with Gasteiger partial charge in [0.25, 0.3) is 0 Å². The minimum absolute atomic E-state index is 0.0375. The molecule has 0 aromatic heterocycles. The fourth-order valence-corrected chi connectivity index (χ4v) is 7.65. The molecule has 0 heterocycles. The van der Waals surface area contributed by atoms with Crippen molar-refractivity contribution in [1.82, 2.24) is 0 Å². The van der Waals surface area contributed by atoms with E-state index in [1.54, 1.807) is 0 Å². The summed E-state index contributed by atoms with van der Waals surface area (Å²) < 4.78 is 33.4. The molecule has 0 spiro atoms. The van der Waals surface area contributed by atoms with Gasteiger partial charge in [-0.1, -0.05) is 151 Å². The van der Waals surface area contributed by atoms with E-state index in [0.717, 1.165) is 51.4 Å². The van der Waals surface area contributed by atoms with E-state index in [2.05, 4.69) is 68.5 Å². The highest BCUT2D eigenvalue weighted by Gasteiger charge is 2.51. The first-order valence-corrected chi connectivity index (χ1v) is 25.2. The highest BCUT2D eigenvalue weighted by molar-refractivity contribution is 7.47. The SMILES string of the molecule is CCCCC/C=C/C/C=C/C/C=C/C/C=C/C/C=C/CCC(=O)OC[C@@H](COP(=O)(O)OC1C(O)C(O)C(O)[C@H](O)C1O)OC(=O)CCCCC/C=C/CCCCCCCCCC. The molecular weight excluding hydrogens is 827 g/mol. The highest BCUT2D eigenvalue weighted by Crippen LogP contribution is 2.47. The molecule has 0 amide bonds. The molecule has 0 radical (unpaired) electrons. The van der Waals surface area contributed by atoms with Gasteiger partial charge in [-0.25, -0.2) is 4.57 Å². The lowest BCUT2D eigenvalue weighted by atomic mass is 9.85. The van der Waals surface area contributed by atoms with E-state index in [1.807, 2.05) is 18.2 Å². The summed E-state index contributed by atoms with van der Waals surface area (Å²) in [5.41, 5.74) is 0. The number of esters is 2. The molecule has 362 valence electrons. The van der Waals surface area contributed by atoms with Gasteiger partial charge in [0.05, 0.1) is 6.61 Å². The number of carbonyl (C=O) groups excluding carboxylic acids is 2. The van der Waals surface area contributed by atoms with Gasteiger partial charge in [-0.05, 0) is 77.0 Å². The van der Waals surface area contributed by atoms with E-state index in [-0.39, 0.29) is 12.8 Å². The molecule has 1 aliphatic rings. The lowest BCUT2D eigenvalue weighted by Crippen LogP contribution is -2.64. The topological polar surface area (TPSA) is 210 Å². The molecule has 1 aliphatic carbocycles. The molecule has 8 atom stereocenters. The third kappa shape index (κ3) is 31.0. The standard InChI is InChI=1S/C49H83O13P/c1-3-5-7-9-11-13-15-17-19-20-21-22-24-25-27-29-31-33-35-37-42(50)59-39-41(40-60-63(57,58)62-49-47(55)45(53)44(52)46(54)48(49)56)61-43(51)38-36-34-32-30-28-26-23-18-16-14-12-10-8-6-4-2/h11,13,17,19,21-22,25-28,31,33,41,44-49,52-56H,3-10,12,14-16,18,20,23-24,29-30,32,34-40H2,1-2H3,(H,57,58)/b13-11+,19-17+,22-21+,27-25+,28-26+,33-31+/t41-,44?,45-,46?,47?,48?,49?/m0/s1. The number of hydrogen-bond acceptors (Lipinski definition) is 12. The molecule has 0 aromatic carbocycles. The molecule has 1 fully saturated rings. The number of phosphoric ester groups is 1. The zero-order chi connectivity index (χ0) is 46.4. The highest BCUT2D eigenvalue weighted by atomic mass is 31.2. The average Bonchev–Trinajstić information content (AvgIpc) is 3.26. The number of rotatable bonds is 38. The average molecular weight is 911 g/mol. The third-order valence-corrected chi connectivity index (χ3v) is 11.5. The first kappa shape index (κ1) is 58.3. The molecule has 6 unspecified atom stereocenters. The van der Waals surface area contributed by atoms with Crippen molar-refractivity contribution >= 4 is 19.8 Å². The summed E-state index contributed by atoms with van der Waals surface area (Å²) in [6.45, 7) is 3.19. The van der Waals surface area contributed by atoms with E-state index >= 15 is 0 Å². The van der Waals surface area contributed by atoms with Crippen LogP contribution in [0.5, 0.6) is 0 Å². The van der Waals surface area contributed by atoms with Crippen LogP contribution in [0.25, 0.3) is 0 Å². The smallest absolute Gasteiger partial charge is 0.462 e. The van der Waals surface area contributed by atoms with E-state index in [9.17, 15) is 44.6 Å². The van der Waals surface area contributed by atoms with Gasteiger partial charge < -0.3 is 39.9 Å². The molecule has 13 nitrogen and oxygen atoms in total. The third-order valence-electron chi connectivity index (χ3n) is 10.5. The van der Waals surface area contributed by atoms with Crippen molar-refractivity contribution in [3.05, 3.63) is 72.9 Å². The van der Waals surface area contributed by atoms with Crippen LogP contribution in [0.2, 0.25) is 0 Å². The first-order valence-electron chi connectivity index (χ1n) is 23.7. The Kier molecular flexibility index (Phi) is 35.7. The van der Waals surface area contributed by atoms with Crippen molar-refractivity contribution in [2.75, 3.05) is 13.2 Å². The lowest BCUT2D eigenvalue weighted by molar-refractivity contribution is -0.220. The normalized spacial score (nSPS) is 22.3. The number of aliphatic hydroxyl groups is 5. The van der Waals surface area contributed by atoms with Crippen molar-refractivity contribution in [2.45, 2.75) is 211 Å². The summed E-state index contributed by atoms with van der Waals surface area (Å²) in [7, 11) is -5.14. The van der Waals surface area contributed by atoms with Crippen LogP contribution in [0.3, 0.4) is 0 Å². The molecule has 0 aliphatic heterocycles. The number of hydrogen-bond donors (Lipinski definition) is 6. The van der Waals surface area contributed by atoms with Crippen LogP contribution in [0.15, 0.2) is 72.9 Å². The molecule has 14 heteroatoms. The monoisotopic (exact) mass is 911 g/mol. The number of ether oxygens (including phenoxy) is 2. The van der Waals surface area contributed by atoms with Crippen LogP contribution in [-0.2, 0) is 32.7 Å². The Bertz CT molecular complexity index is 1380. The second kappa shape index (κ2) is 38.5. The Labute approximate surface area is 378 Å². The number of aliphatic hydroxyl groups excluding tert-OH is 5. The quantitative estimate of drug-likeness (QED) is 0.0148. The summed E-state index contributed by atoms with van der Waals surface area (Å²) in [5, 5.41) is 50.2.